The molecule has 0 unspecified atom stereocenters. The summed E-state index contributed by atoms with van der Waals surface area (Å²) in [5.41, 5.74) is 3.97. The topological polar surface area (TPSA) is 86.3 Å². The van der Waals surface area contributed by atoms with E-state index in [-0.39, 0.29) is 6.03 Å². The van der Waals surface area contributed by atoms with Crippen LogP contribution in [0.15, 0.2) is 54.9 Å². The Labute approximate surface area is 176 Å². The van der Waals surface area contributed by atoms with Crippen molar-refractivity contribution in [3.05, 3.63) is 66.0 Å². The van der Waals surface area contributed by atoms with Crippen LogP contribution in [0.2, 0.25) is 0 Å². The van der Waals surface area contributed by atoms with E-state index in [4.69, 9.17) is 0 Å². The second kappa shape index (κ2) is 8.77. The van der Waals surface area contributed by atoms with Crippen molar-refractivity contribution >= 4 is 29.0 Å². The zero-order chi connectivity index (χ0) is 20.9. The number of amides is 2. The number of anilines is 4. The fraction of sp³-hybridized carbons (Fsp3) is 0.273. The highest BCUT2D eigenvalue weighted by molar-refractivity contribution is 5.89. The lowest BCUT2D eigenvalue weighted by atomic mass is 10.1. The van der Waals surface area contributed by atoms with E-state index in [9.17, 15) is 4.79 Å². The Balaban J connectivity index is 1.31. The van der Waals surface area contributed by atoms with Crippen molar-refractivity contribution in [3.8, 4) is 0 Å². The fourth-order valence-corrected chi connectivity index (χ4v) is 3.53. The number of pyridine rings is 1. The van der Waals surface area contributed by atoms with E-state index in [0.717, 1.165) is 28.3 Å². The highest BCUT2D eigenvalue weighted by atomic mass is 16.2. The predicted molar refractivity (Wildman–Crippen MR) is 118 cm³/mol. The van der Waals surface area contributed by atoms with Crippen LogP contribution < -0.4 is 15.5 Å². The Morgan fingerprint density at radius 3 is 2.33 bits per heavy atom. The number of hydrogen-bond donors (Lipinski definition) is 2. The van der Waals surface area contributed by atoms with Crippen molar-refractivity contribution in [3.63, 3.8) is 0 Å². The van der Waals surface area contributed by atoms with E-state index in [1.165, 1.54) is 0 Å². The first-order valence-corrected chi connectivity index (χ1v) is 9.97. The van der Waals surface area contributed by atoms with Crippen molar-refractivity contribution in [2.45, 2.75) is 13.8 Å². The molecule has 2 N–H and O–H groups in total. The molecular weight excluding hydrogens is 378 g/mol. The van der Waals surface area contributed by atoms with E-state index in [1.807, 2.05) is 55.1 Å². The third kappa shape index (κ3) is 4.83. The summed E-state index contributed by atoms with van der Waals surface area (Å²) in [5.74, 6) is 1.47. The molecule has 0 atom stereocenters. The number of rotatable bonds is 4. The molecule has 4 rings (SSSR count). The van der Waals surface area contributed by atoms with Gasteiger partial charge in [-0.25, -0.2) is 4.79 Å². The number of carbonyl (C=O) groups is 1. The smallest absolute Gasteiger partial charge is 0.321 e. The van der Waals surface area contributed by atoms with Gasteiger partial charge in [0.25, 0.3) is 0 Å². The minimum absolute atomic E-state index is 0.0678. The van der Waals surface area contributed by atoms with Gasteiger partial charge in [-0.05, 0) is 61.4 Å². The third-order valence-electron chi connectivity index (χ3n) is 4.95. The summed E-state index contributed by atoms with van der Waals surface area (Å²) >= 11 is 0. The molecule has 0 aliphatic carbocycles. The van der Waals surface area contributed by atoms with E-state index >= 15 is 0 Å². The number of nitrogens with one attached hydrogen (secondary N) is 2. The zero-order valence-electron chi connectivity index (χ0n) is 17.2. The molecule has 30 heavy (non-hydrogen) atoms. The van der Waals surface area contributed by atoms with Crippen molar-refractivity contribution < 1.29 is 4.79 Å². The minimum atomic E-state index is -0.0678. The van der Waals surface area contributed by atoms with Gasteiger partial charge in [-0.1, -0.05) is 6.07 Å². The standard InChI is InChI=1S/C22H25N7O/c1-16-12-17(2)14-19(13-16)25-22(30)29-10-8-28(9-11-29)21-6-5-20(26-27-21)24-18-4-3-7-23-15-18/h3-7,12-15H,8-11H2,1-2H3,(H,24,26)(H,25,30). The van der Waals surface area contributed by atoms with Crippen LogP contribution in [0.3, 0.4) is 0 Å². The average Bonchev–Trinajstić information content (AvgIpc) is 2.74. The summed E-state index contributed by atoms with van der Waals surface area (Å²) in [6.45, 7) is 6.75. The molecule has 0 radical (unpaired) electrons. The molecule has 0 bridgehead atoms. The lowest BCUT2D eigenvalue weighted by Crippen LogP contribution is -2.50. The van der Waals surface area contributed by atoms with E-state index in [1.54, 1.807) is 12.4 Å². The van der Waals surface area contributed by atoms with Crippen LogP contribution in [0.4, 0.5) is 27.8 Å². The summed E-state index contributed by atoms with van der Waals surface area (Å²) in [6.07, 6.45) is 3.46. The van der Waals surface area contributed by atoms with Crippen LogP contribution in [0.1, 0.15) is 11.1 Å². The first-order chi connectivity index (χ1) is 14.6. The summed E-state index contributed by atoms with van der Waals surface area (Å²) in [5, 5.41) is 14.8. The highest BCUT2D eigenvalue weighted by Crippen LogP contribution is 2.18. The average molecular weight is 403 g/mol. The predicted octanol–water partition coefficient (Wildman–Crippen LogP) is 3.59. The van der Waals surface area contributed by atoms with Crippen LogP contribution in [0, 0.1) is 13.8 Å². The van der Waals surface area contributed by atoms with Gasteiger partial charge in [-0.2, -0.15) is 0 Å². The summed E-state index contributed by atoms with van der Waals surface area (Å²) in [6, 6.07) is 13.6. The Hall–Kier alpha value is -3.68. The maximum Gasteiger partial charge on any atom is 0.321 e. The Morgan fingerprint density at radius 1 is 0.933 bits per heavy atom. The normalized spacial score (nSPS) is 13.8. The molecule has 1 aliphatic heterocycles. The molecule has 2 aromatic heterocycles. The molecule has 3 heterocycles. The lowest BCUT2D eigenvalue weighted by molar-refractivity contribution is 0.208. The maximum absolute atomic E-state index is 12.6. The van der Waals surface area contributed by atoms with Gasteiger partial charge in [0, 0.05) is 38.1 Å². The number of aryl methyl sites for hydroxylation is 2. The number of nitrogens with zero attached hydrogens (tertiary/aromatic N) is 5. The molecule has 1 fully saturated rings. The fourth-order valence-electron chi connectivity index (χ4n) is 3.53. The Kier molecular flexibility index (Phi) is 5.74. The maximum atomic E-state index is 12.6. The SMILES string of the molecule is Cc1cc(C)cc(NC(=O)N2CCN(c3ccc(Nc4cccnc4)nn3)CC2)c1. The molecule has 2 amide bonds. The monoisotopic (exact) mass is 403 g/mol. The summed E-state index contributed by atoms with van der Waals surface area (Å²) in [4.78, 5) is 20.7. The number of benzene rings is 1. The van der Waals surface area contributed by atoms with Crippen LogP contribution in [-0.4, -0.2) is 52.3 Å². The van der Waals surface area contributed by atoms with Crippen molar-refractivity contribution in [2.24, 2.45) is 0 Å². The second-order valence-electron chi connectivity index (χ2n) is 7.42. The van der Waals surface area contributed by atoms with Gasteiger partial charge in [0.15, 0.2) is 11.6 Å². The number of piperazine rings is 1. The van der Waals surface area contributed by atoms with Crippen LogP contribution in [0.25, 0.3) is 0 Å². The number of urea groups is 1. The van der Waals surface area contributed by atoms with Gasteiger partial charge in [0.1, 0.15) is 0 Å². The molecule has 154 valence electrons. The Bertz CT molecular complexity index is 980. The van der Waals surface area contributed by atoms with Gasteiger partial charge < -0.3 is 20.4 Å². The van der Waals surface area contributed by atoms with E-state index in [0.29, 0.717) is 32.0 Å². The first kappa shape index (κ1) is 19.6. The lowest BCUT2D eigenvalue weighted by Gasteiger charge is -2.35. The van der Waals surface area contributed by atoms with Crippen molar-refractivity contribution in [2.75, 3.05) is 41.7 Å². The molecular formula is C22H25N7O. The quantitative estimate of drug-likeness (QED) is 0.692. The second-order valence-corrected chi connectivity index (χ2v) is 7.42. The van der Waals surface area contributed by atoms with Gasteiger partial charge >= 0.3 is 6.03 Å². The van der Waals surface area contributed by atoms with Crippen molar-refractivity contribution in [1.29, 1.82) is 0 Å². The number of carbonyl (C=O) groups excluding carboxylic acids is 1. The highest BCUT2D eigenvalue weighted by Gasteiger charge is 2.22. The number of aromatic nitrogens is 3. The largest absolute Gasteiger partial charge is 0.352 e. The molecule has 8 heteroatoms. The third-order valence-corrected chi connectivity index (χ3v) is 4.95. The van der Waals surface area contributed by atoms with Crippen LogP contribution in [-0.2, 0) is 0 Å². The molecule has 0 saturated carbocycles. The number of hydrogen-bond acceptors (Lipinski definition) is 6. The summed E-state index contributed by atoms with van der Waals surface area (Å²) < 4.78 is 0. The molecule has 1 aliphatic rings. The van der Waals surface area contributed by atoms with Gasteiger partial charge in [-0.3, -0.25) is 4.98 Å². The first-order valence-electron chi connectivity index (χ1n) is 9.97. The van der Waals surface area contributed by atoms with E-state index in [2.05, 4.69) is 36.8 Å². The van der Waals surface area contributed by atoms with Gasteiger partial charge in [0.05, 0.1) is 11.9 Å². The minimum Gasteiger partial charge on any atom is -0.352 e. The van der Waals surface area contributed by atoms with Crippen LogP contribution in [0.5, 0.6) is 0 Å². The molecule has 0 spiro atoms. The molecule has 8 nitrogen and oxygen atoms in total. The van der Waals surface area contributed by atoms with E-state index < -0.39 is 0 Å². The van der Waals surface area contributed by atoms with Gasteiger partial charge in [0.2, 0.25) is 0 Å². The zero-order valence-corrected chi connectivity index (χ0v) is 17.2. The summed E-state index contributed by atoms with van der Waals surface area (Å²) in [7, 11) is 0. The molecule has 1 saturated heterocycles. The Morgan fingerprint density at radius 2 is 1.70 bits per heavy atom. The van der Waals surface area contributed by atoms with Crippen LogP contribution >= 0.6 is 0 Å². The van der Waals surface area contributed by atoms with Crippen molar-refractivity contribution in [1.82, 2.24) is 20.1 Å². The molecule has 3 aromatic rings. The van der Waals surface area contributed by atoms with Gasteiger partial charge in [-0.15, -0.1) is 10.2 Å². The molecule has 1 aromatic carbocycles.